The van der Waals surface area contributed by atoms with Crippen molar-refractivity contribution in [2.75, 3.05) is 18.0 Å². The zero-order chi connectivity index (χ0) is 17.8. The van der Waals surface area contributed by atoms with Gasteiger partial charge in [0.15, 0.2) is 11.5 Å². The van der Waals surface area contributed by atoms with Crippen LogP contribution in [0.2, 0.25) is 0 Å². The van der Waals surface area contributed by atoms with E-state index in [1.807, 2.05) is 17.0 Å². The summed E-state index contributed by atoms with van der Waals surface area (Å²) in [6, 6.07) is 12.4. The number of carbonyl (C=O) groups is 1. The summed E-state index contributed by atoms with van der Waals surface area (Å²) in [6.45, 7) is 7.86. The molecule has 0 radical (unpaired) electrons. The first-order valence-electron chi connectivity index (χ1n) is 9.15. The Morgan fingerprint density at radius 3 is 2.48 bits per heavy atom. The summed E-state index contributed by atoms with van der Waals surface area (Å²) in [5, 5.41) is 8.60. The van der Waals surface area contributed by atoms with Gasteiger partial charge in [0, 0.05) is 24.8 Å². The van der Waals surface area contributed by atoms with Crippen molar-refractivity contribution in [1.29, 1.82) is 0 Å². The highest BCUT2D eigenvalue weighted by molar-refractivity contribution is 5.92. The standard InChI is InChI=1S/C20H26N4O/c1-4-12-23(13-5-2)20(25)17-10-11-19(22-21-17)24-15(3)14-16-8-6-7-9-18(16)24/h6-11,15H,4-5,12-14H2,1-3H3. The first kappa shape index (κ1) is 17.4. The molecule has 25 heavy (non-hydrogen) atoms. The summed E-state index contributed by atoms with van der Waals surface area (Å²) in [5.74, 6) is 0.768. The van der Waals surface area contributed by atoms with Crippen molar-refractivity contribution in [3.63, 3.8) is 0 Å². The number of nitrogens with zero attached hydrogens (tertiary/aromatic N) is 4. The van der Waals surface area contributed by atoms with Crippen molar-refractivity contribution in [2.24, 2.45) is 0 Å². The van der Waals surface area contributed by atoms with Crippen LogP contribution >= 0.6 is 0 Å². The fourth-order valence-corrected chi connectivity index (χ4v) is 3.50. The zero-order valence-corrected chi connectivity index (χ0v) is 15.3. The van der Waals surface area contributed by atoms with Gasteiger partial charge in [0.05, 0.1) is 0 Å². The van der Waals surface area contributed by atoms with Gasteiger partial charge in [-0.3, -0.25) is 4.79 Å². The molecule has 0 saturated heterocycles. The van der Waals surface area contributed by atoms with Crippen molar-refractivity contribution in [3.8, 4) is 0 Å². The smallest absolute Gasteiger partial charge is 0.274 e. The number of fused-ring (bicyclic) bond motifs is 1. The molecule has 1 unspecified atom stereocenters. The quantitative estimate of drug-likeness (QED) is 0.803. The van der Waals surface area contributed by atoms with Crippen LogP contribution in [-0.2, 0) is 6.42 Å². The molecule has 1 atom stereocenters. The van der Waals surface area contributed by atoms with Crippen molar-refractivity contribution in [1.82, 2.24) is 15.1 Å². The Hall–Kier alpha value is -2.43. The molecule has 1 aromatic heterocycles. The minimum atomic E-state index is -0.0300. The van der Waals surface area contributed by atoms with Gasteiger partial charge in [0.1, 0.15) is 0 Å². The monoisotopic (exact) mass is 338 g/mol. The average Bonchev–Trinajstić information content (AvgIpc) is 2.97. The third-order valence-corrected chi connectivity index (χ3v) is 4.60. The van der Waals surface area contributed by atoms with Gasteiger partial charge in [-0.15, -0.1) is 10.2 Å². The molecule has 3 rings (SSSR count). The predicted molar refractivity (Wildman–Crippen MR) is 100 cm³/mol. The van der Waals surface area contributed by atoms with E-state index in [9.17, 15) is 4.79 Å². The molecule has 2 aromatic rings. The molecule has 1 aromatic carbocycles. The Morgan fingerprint density at radius 1 is 1.12 bits per heavy atom. The second kappa shape index (κ2) is 7.64. The molecular weight excluding hydrogens is 312 g/mol. The summed E-state index contributed by atoms with van der Waals surface area (Å²) >= 11 is 0. The van der Waals surface area contributed by atoms with Crippen LogP contribution in [0.5, 0.6) is 0 Å². The SMILES string of the molecule is CCCN(CCC)C(=O)c1ccc(N2c3ccccc3CC2C)nn1. The lowest BCUT2D eigenvalue weighted by Crippen LogP contribution is -2.33. The third kappa shape index (κ3) is 3.50. The lowest BCUT2D eigenvalue weighted by Gasteiger charge is -2.24. The molecule has 0 bridgehead atoms. The molecule has 0 saturated carbocycles. The Bertz CT molecular complexity index is 723. The third-order valence-electron chi connectivity index (χ3n) is 4.60. The van der Waals surface area contributed by atoms with Crippen LogP contribution < -0.4 is 4.90 Å². The first-order chi connectivity index (χ1) is 12.2. The second-order valence-corrected chi connectivity index (χ2v) is 6.62. The van der Waals surface area contributed by atoms with Gasteiger partial charge < -0.3 is 9.80 Å². The number of aromatic nitrogens is 2. The Balaban J connectivity index is 1.82. The Morgan fingerprint density at radius 2 is 1.84 bits per heavy atom. The van der Waals surface area contributed by atoms with E-state index in [1.165, 1.54) is 11.3 Å². The number of hydrogen-bond acceptors (Lipinski definition) is 4. The highest BCUT2D eigenvalue weighted by Crippen LogP contribution is 2.36. The number of amides is 1. The molecule has 5 nitrogen and oxygen atoms in total. The fraction of sp³-hybridized carbons (Fsp3) is 0.450. The highest BCUT2D eigenvalue weighted by Gasteiger charge is 2.28. The molecule has 1 aliphatic heterocycles. The molecule has 0 aliphatic carbocycles. The number of para-hydroxylation sites is 1. The lowest BCUT2D eigenvalue weighted by atomic mass is 10.1. The van der Waals surface area contributed by atoms with Gasteiger partial charge in [-0.1, -0.05) is 32.0 Å². The van der Waals surface area contributed by atoms with E-state index in [-0.39, 0.29) is 5.91 Å². The van der Waals surface area contributed by atoms with Gasteiger partial charge in [0.25, 0.3) is 5.91 Å². The number of anilines is 2. The van der Waals surface area contributed by atoms with Crippen LogP contribution in [0.25, 0.3) is 0 Å². The van der Waals surface area contributed by atoms with E-state index < -0.39 is 0 Å². The highest BCUT2D eigenvalue weighted by atomic mass is 16.2. The van der Waals surface area contributed by atoms with Crippen molar-refractivity contribution >= 4 is 17.4 Å². The minimum absolute atomic E-state index is 0.0300. The summed E-state index contributed by atoms with van der Waals surface area (Å²) in [4.78, 5) is 16.7. The Labute approximate surface area is 149 Å². The van der Waals surface area contributed by atoms with Crippen LogP contribution in [-0.4, -0.2) is 40.1 Å². The van der Waals surface area contributed by atoms with E-state index in [1.54, 1.807) is 6.07 Å². The zero-order valence-electron chi connectivity index (χ0n) is 15.3. The minimum Gasteiger partial charge on any atom is -0.337 e. The van der Waals surface area contributed by atoms with Crippen LogP contribution in [0.4, 0.5) is 11.5 Å². The topological polar surface area (TPSA) is 49.3 Å². The normalized spacial score (nSPS) is 16.0. The molecule has 0 N–H and O–H groups in total. The molecule has 1 amide bonds. The molecule has 5 heteroatoms. The lowest BCUT2D eigenvalue weighted by molar-refractivity contribution is 0.0748. The van der Waals surface area contributed by atoms with Gasteiger partial charge in [0.2, 0.25) is 0 Å². The number of carbonyl (C=O) groups excluding carboxylic acids is 1. The van der Waals surface area contributed by atoms with Crippen LogP contribution in [0, 0.1) is 0 Å². The average molecular weight is 338 g/mol. The van der Waals surface area contributed by atoms with E-state index in [2.05, 4.69) is 54.1 Å². The Kier molecular flexibility index (Phi) is 5.31. The molecule has 2 heterocycles. The maximum absolute atomic E-state index is 12.6. The van der Waals surface area contributed by atoms with E-state index >= 15 is 0 Å². The summed E-state index contributed by atoms with van der Waals surface area (Å²) in [7, 11) is 0. The van der Waals surface area contributed by atoms with Gasteiger partial charge in [-0.25, -0.2) is 0 Å². The molecule has 0 spiro atoms. The van der Waals surface area contributed by atoms with E-state index in [0.717, 1.165) is 38.2 Å². The summed E-state index contributed by atoms with van der Waals surface area (Å²) < 4.78 is 0. The van der Waals surface area contributed by atoms with Crippen LogP contribution in [0.1, 0.15) is 49.7 Å². The number of rotatable bonds is 6. The summed E-state index contributed by atoms with van der Waals surface area (Å²) in [6.07, 6.45) is 2.89. The van der Waals surface area contributed by atoms with Crippen LogP contribution in [0.3, 0.4) is 0 Å². The van der Waals surface area contributed by atoms with Gasteiger partial charge in [-0.05, 0) is 49.9 Å². The predicted octanol–water partition coefficient (Wildman–Crippen LogP) is 3.82. The molecular formula is C20H26N4O. The molecule has 132 valence electrons. The maximum atomic E-state index is 12.6. The van der Waals surface area contributed by atoms with E-state index in [0.29, 0.717) is 11.7 Å². The van der Waals surface area contributed by atoms with Gasteiger partial charge in [-0.2, -0.15) is 0 Å². The largest absolute Gasteiger partial charge is 0.337 e. The number of hydrogen-bond donors (Lipinski definition) is 0. The fourth-order valence-electron chi connectivity index (χ4n) is 3.50. The molecule has 1 aliphatic rings. The van der Waals surface area contributed by atoms with Crippen molar-refractivity contribution in [2.45, 2.75) is 46.1 Å². The maximum Gasteiger partial charge on any atom is 0.274 e. The number of benzene rings is 1. The van der Waals surface area contributed by atoms with E-state index in [4.69, 9.17) is 0 Å². The van der Waals surface area contributed by atoms with Crippen LogP contribution in [0.15, 0.2) is 36.4 Å². The van der Waals surface area contributed by atoms with Gasteiger partial charge >= 0.3 is 0 Å². The summed E-state index contributed by atoms with van der Waals surface area (Å²) in [5.41, 5.74) is 2.93. The molecule has 0 fully saturated rings. The second-order valence-electron chi connectivity index (χ2n) is 6.62. The van der Waals surface area contributed by atoms with Crippen molar-refractivity contribution in [3.05, 3.63) is 47.7 Å². The first-order valence-corrected chi connectivity index (χ1v) is 9.15. The van der Waals surface area contributed by atoms with Crippen molar-refractivity contribution < 1.29 is 4.79 Å².